The van der Waals surface area contributed by atoms with E-state index in [2.05, 4.69) is 132 Å². The summed E-state index contributed by atoms with van der Waals surface area (Å²) in [6.45, 7) is 49.0. The summed E-state index contributed by atoms with van der Waals surface area (Å²) >= 11 is 0. The van der Waals surface area contributed by atoms with Gasteiger partial charge in [0, 0.05) is 42.6 Å². The van der Waals surface area contributed by atoms with Gasteiger partial charge in [-0.1, -0.05) is 104 Å². The predicted molar refractivity (Wildman–Crippen MR) is 283 cm³/mol. The van der Waals surface area contributed by atoms with Crippen LogP contribution in [0.15, 0.2) is 0 Å². The van der Waals surface area contributed by atoms with Crippen LogP contribution >= 0.6 is 0 Å². The molecule has 6 fully saturated rings. The van der Waals surface area contributed by atoms with Crippen LogP contribution in [0.3, 0.4) is 0 Å². The third-order valence-electron chi connectivity index (χ3n) is 21.7. The van der Waals surface area contributed by atoms with Gasteiger partial charge < -0.3 is 56.8 Å². The smallest absolute Gasteiger partial charge is 0.160 e. The van der Waals surface area contributed by atoms with Gasteiger partial charge in [-0.15, -0.1) is 0 Å². The van der Waals surface area contributed by atoms with Crippen LogP contribution in [0.2, 0.25) is 0 Å². The summed E-state index contributed by atoms with van der Waals surface area (Å²) in [5, 5.41) is 0. The van der Waals surface area contributed by atoms with Crippen LogP contribution in [0.1, 0.15) is 138 Å². The van der Waals surface area contributed by atoms with Crippen molar-refractivity contribution in [3.8, 4) is 0 Å². The fourth-order valence-corrected chi connectivity index (χ4v) is 14.1. The zero-order valence-corrected chi connectivity index (χ0v) is 49.3. The van der Waals surface area contributed by atoms with Gasteiger partial charge in [0.2, 0.25) is 0 Å². The molecule has 6 saturated heterocycles. The Morgan fingerprint density at radius 3 is 0.917 bits per heavy atom. The van der Waals surface area contributed by atoms with E-state index in [1.54, 1.807) is 7.11 Å². The van der Waals surface area contributed by atoms with Crippen molar-refractivity contribution in [2.45, 2.75) is 212 Å². The molecule has 0 aromatic rings. The van der Waals surface area contributed by atoms with Crippen molar-refractivity contribution < 1.29 is 56.8 Å². The summed E-state index contributed by atoms with van der Waals surface area (Å²) in [4.78, 5) is 0. The topological polar surface area (TPSA) is 111 Å². The minimum absolute atomic E-state index is 0.00159. The average Bonchev–Trinajstić information content (AvgIpc) is 3.35. The van der Waals surface area contributed by atoms with Crippen molar-refractivity contribution in [2.24, 2.45) is 107 Å². The fraction of sp³-hybridized carbons (Fsp3) is 1.00. The molecule has 0 aliphatic carbocycles. The molecule has 30 atom stereocenters. The van der Waals surface area contributed by atoms with Gasteiger partial charge in [0.25, 0.3) is 0 Å². The Bertz CT molecular complexity index is 1570. The summed E-state index contributed by atoms with van der Waals surface area (Å²) in [5.41, 5.74) is 0. The molecule has 422 valence electrons. The highest BCUT2D eigenvalue weighted by Crippen LogP contribution is 2.43. The van der Waals surface area contributed by atoms with E-state index in [1.165, 1.54) is 0 Å². The molecule has 6 aliphatic rings. The molecule has 12 unspecified atom stereocenters. The molecule has 6 heterocycles. The first-order valence-corrected chi connectivity index (χ1v) is 29.5. The van der Waals surface area contributed by atoms with Crippen LogP contribution < -0.4 is 0 Å². The minimum atomic E-state index is -0.298. The van der Waals surface area contributed by atoms with E-state index in [0.29, 0.717) is 160 Å². The Hall–Kier alpha value is -0.480. The average molecular weight is 1020 g/mol. The molecule has 6 aliphatic heterocycles. The van der Waals surface area contributed by atoms with Gasteiger partial charge >= 0.3 is 0 Å². The maximum absolute atomic E-state index is 6.88. The van der Waals surface area contributed by atoms with E-state index >= 15 is 0 Å². The number of ether oxygens (including phenoxy) is 12. The van der Waals surface area contributed by atoms with Crippen LogP contribution in [-0.4, -0.2) is 140 Å². The Kier molecular flexibility index (Phi) is 23.1. The van der Waals surface area contributed by atoms with Crippen LogP contribution in [0, 0.1) is 107 Å². The number of rotatable bonds is 21. The monoisotopic (exact) mass is 1020 g/mol. The molecule has 6 rings (SSSR count). The summed E-state index contributed by atoms with van der Waals surface area (Å²) in [6, 6.07) is 0. The second-order valence-corrected chi connectivity index (χ2v) is 25.4. The number of hydrogen-bond donors (Lipinski definition) is 0. The predicted octanol–water partition coefficient (Wildman–Crippen LogP) is 11.1. The zero-order chi connectivity index (χ0) is 52.9. The van der Waals surface area contributed by atoms with Crippen molar-refractivity contribution in [1.29, 1.82) is 0 Å². The van der Waals surface area contributed by atoms with Gasteiger partial charge in [0.15, 0.2) is 12.6 Å². The van der Waals surface area contributed by atoms with Crippen molar-refractivity contribution in [3.05, 3.63) is 0 Å². The van der Waals surface area contributed by atoms with E-state index in [1.807, 2.05) is 0 Å². The Morgan fingerprint density at radius 2 is 0.542 bits per heavy atom. The first-order valence-electron chi connectivity index (χ1n) is 29.5. The SMILES string of the molecule is CCC1O[C@H](COC[C@@H]2C(C)O[C@H](COC[C@@H]3C(C)O[C@H](OCC4O[C@H](COC[C@@H]5C(C)O[C@H](COC[C@@H]6C(C)O[C@H](OC)C(C)[C@@H]6C)C(C)[C@@H]5C)C(C)[C@H](C)[C@@H]4C)C(C)[C@@H]3C)C(C)[C@@H]2C)C(C)[C@H](C)[C@@H]1C. The molecule has 12 heteroatoms. The largest absolute Gasteiger partial charge is 0.378 e. The molecule has 0 spiro atoms. The van der Waals surface area contributed by atoms with E-state index < -0.39 is 0 Å². The molecule has 0 amide bonds. The van der Waals surface area contributed by atoms with Gasteiger partial charge in [-0.05, 0) is 105 Å². The van der Waals surface area contributed by atoms with Crippen LogP contribution in [0.25, 0.3) is 0 Å². The maximum atomic E-state index is 6.88. The molecular weight excluding hydrogens is 913 g/mol. The Morgan fingerprint density at radius 1 is 0.264 bits per heavy atom. The van der Waals surface area contributed by atoms with Gasteiger partial charge in [0.05, 0.1) is 121 Å². The summed E-state index contributed by atoms with van der Waals surface area (Å²) in [6.07, 6.45) is 1.37. The normalized spacial score (nSPS) is 50.5. The minimum Gasteiger partial charge on any atom is -0.378 e. The molecule has 0 N–H and O–H groups in total. The second-order valence-electron chi connectivity index (χ2n) is 25.4. The highest BCUT2D eigenvalue weighted by atomic mass is 16.7. The maximum Gasteiger partial charge on any atom is 0.160 e. The number of hydrogen-bond acceptors (Lipinski definition) is 12. The summed E-state index contributed by atoms with van der Waals surface area (Å²) in [7, 11) is 1.73. The molecule has 72 heavy (non-hydrogen) atoms. The molecule has 12 nitrogen and oxygen atoms in total. The second kappa shape index (κ2) is 27.4. The fourth-order valence-electron chi connectivity index (χ4n) is 14.1. The Balaban J connectivity index is 0.899. The molecule has 0 saturated carbocycles. The quantitative estimate of drug-likeness (QED) is 0.109. The van der Waals surface area contributed by atoms with E-state index in [-0.39, 0.29) is 79.4 Å². The van der Waals surface area contributed by atoms with Gasteiger partial charge in [0.1, 0.15) is 0 Å². The third-order valence-corrected chi connectivity index (χ3v) is 21.7. The summed E-state index contributed by atoms with van der Waals surface area (Å²) in [5.74, 6) is 7.00. The van der Waals surface area contributed by atoms with E-state index in [0.717, 1.165) is 6.42 Å². The lowest BCUT2D eigenvalue weighted by Crippen LogP contribution is -2.52. The molecule has 0 radical (unpaired) electrons. The van der Waals surface area contributed by atoms with Gasteiger partial charge in [-0.3, -0.25) is 0 Å². The van der Waals surface area contributed by atoms with Crippen LogP contribution in [0.4, 0.5) is 0 Å². The molecule has 0 aromatic heterocycles. The van der Waals surface area contributed by atoms with E-state index in [9.17, 15) is 0 Å². The van der Waals surface area contributed by atoms with Crippen molar-refractivity contribution >= 4 is 0 Å². The number of methoxy groups -OCH3 is 1. The van der Waals surface area contributed by atoms with Crippen LogP contribution in [-0.2, 0) is 56.8 Å². The van der Waals surface area contributed by atoms with Crippen LogP contribution in [0.5, 0.6) is 0 Å². The lowest BCUT2D eigenvalue weighted by atomic mass is 9.75. The van der Waals surface area contributed by atoms with Crippen molar-refractivity contribution in [2.75, 3.05) is 66.6 Å². The lowest BCUT2D eigenvalue weighted by Gasteiger charge is -2.47. The van der Waals surface area contributed by atoms with Gasteiger partial charge in [-0.2, -0.15) is 0 Å². The lowest BCUT2D eigenvalue weighted by molar-refractivity contribution is -0.270. The Labute approximate surface area is 440 Å². The van der Waals surface area contributed by atoms with Crippen molar-refractivity contribution in [3.63, 3.8) is 0 Å². The first-order chi connectivity index (χ1) is 34.1. The summed E-state index contributed by atoms with van der Waals surface area (Å²) < 4.78 is 77.9. The highest BCUT2D eigenvalue weighted by Gasteiger charge is 2.47. The third kappa shape index (κ3) is 14.0. The molecule has 0 bridgehead atoms. The molecule has 0 aromatic carbocycles. The van der Waals surface area contributed by atoms with Crippen molar-refractivity contribution in [1.82, 2.24) is 0 Å². The van der Waals surface area contributed by atoms with Gasteiger partial charge in [-0.25, -0.2) is 0 Å². The highest BCUT2D eigenvalue weighted by molar-refractivity contribution is 4.92. The van der Waals surface area contributed by atoms with E-state index in [4.69, 9.17) is 56.8 Å². The standard InChI is InChI=1S/C60H110O12/c1-21-53-37(8)31(2)38(9)56(71-53)28-64-22-49-33(4)41(12)55(67-45(49)16)27-63-25-52-36(7)44(15)60(70-48(52)19)66-30-58-40(11)32(3)39(10)57(72-58)29-65-23-50-34(5)42(13)54(68-46(50)17)26-62-24-51-35(6)43(14)59(61-20)69-47(51)18/h31-60H,21-30H2,1-20H3/t31-,32+,33+,34+,35+,36+,37+,38?,39?,40+,41?,42?,43?,44?,45?,46?,47?,48?,49+,50+,51+,52+,53?,54-,55-,56-,57-,58?,59+,60+/m1/s1. The zero-order valence-electron chi connectivity index (χ0n) is 49.3. The first kappa shape index (κ1) is 60.7. The molecular formula is C60H110O12.